The number of aryl methyl sites for hydroxylation is 3. The van der Waals surface area contributed by atoms with Gasteiger partial charge in [-0.1, -0.05) is 76.2 Å². The molecule has 1 aromatic heterocycles. The SMILES string of the molecule is Cc1cccc(C(C(=O)Oc2c(C(=O)c3ccc(Cl)cc3Cl)c(C)nn2C)=C(Cl)Cl)c1. The number of esters is 1. The first-order chi connectivity index (χ1) is 14.6. The maximum atomic E-state index is 13.2. The zero-order chi connectivity index (χ0) is 22.9. The molecule has 160 valence electrons. The van der Waals surface area contributed by atoms with Crippen molar-refractivity contribution in [2.45, 2.75) is 13.8 Å². The van der Waals surface area contributed by atoms with Crippen LogP contribution in [0.2, 0.25) is 10.0 Å². The fraction of sp³-hybridized carbons (Fsp3) is 0.136. The van der Waals surface area contributed by atoms with Crippen LogP contribution in [0.5, 0.6) is 5.88 Å². The third-order valence-corrected chi connectivity index (χ3v) is 5.39. The molecule has 31 heavy (non-hydrogen) atoms. The summed E-state index contributed by atoms with van der Waals surface area (Å²) in [6.45, 7) is 3.49. The highest BCUT2D eigenvalue weighted by atomic mass is 35.5. The van der Waals surface area contributed by atoms with Gasteiger partial charge in [0.05, 0.1) is 16.3 Å². The number of rotatable bonds is 5. The van der Waals surface area contributed by atoms with Crippen molar-refractivity contribution >= 4 is 63.7 Å². The first kappa shape index (κ1) is 23.4. The number of aromatic nitrogens is 2. The van der Waals surface area contributed by atoms with E-state index in [4.69, 9.17) is 51.1 Å². The van der Waals surface area contributed by atoms with Crippen LogP contribution in [0.25, 0.3) is 5.57 Å². The molecule has 0 aliphatic heterocycles. The Morgan fingerprint density at radius 2 is 1.74 bits per heavy atom. The Bertz CT molecular complexity index is 1230. The average molecular weight is 498 g/mol. The second kappa shape index (κ2) is 9.45. The molecule has 0 atom stereocenters. The van der Waals surface area contributed by atoms with E-state index in [2.05, 4.69) is 5.10 Å². The normalized spacial score (nSPS) is 10.7. The summed E-state index contributed by atoms with van der Waals surface area (Å²) in [5.41, 5.74) is 2.01. The molecule has 1 heterocycles. The van der Waals surface area contributed by atoms with Gasteiger partial charge in [-0.25, -0.2) is 9.48 Å². The zero-order valence-corrected chi connectivity index (χ0v) is 19.7. The second-order valence-electron chi connectivity index (χ2n) is 6.74. The zero-order valence-electron chi connectivity index (χ0n) is 16.7. The number of carbonyl (C=O) groups is 2. The van der Waals surface area contributed by atoms with Crippen LogP contribution in [0.15, 0.2) is 47.0 Å². The number of nitrogens with zero attached hydrogens (tertiary/aromatic N) is 2. The van der Waals surface area contributed by atoms with E-state index < -0.39 is 11.8 Å². The maximum absolute atomic E-state index is 13.2. The van der Waals surface area contributed by atoms with E-state index in [0.717, 1.165) is 5.56 Å². The Morgan fingerprint density at radius 1 is 1.03 bits per heavy atom. The van der Waals surface area contributed by atoms with Gasteiger partial charge in [-0.15, -0.1) is 0 Å². The van der Waals surface area contributed by atoms with Crippen LogP contribution in [0, 0.1) is 13.8 Å². The summed E-state index contributed by atoms with van der Waals surface area (Å²) in [4.78, 5) is 26.2. The molecular formula is C22H16Cl4N2O3. The van der Waals surface area contributed by atoms with E-state index in [1.54, 1.807) is 38.2 Å². The number of hydrogen-bond acceptors (Lipinski definition) is 4. The standard InChI is InChI=1S/C22H16Cl4N2O3/c1-11-5-4-6-13(9-11)18(20(25)26)22(30)31-21-17(12(2)27-28(21)3)19(29)15-8-7-14(23)10-16(15)24/h4-10H,1-3H3. The van der Waals surface area contributed by atoms with Crippen LogP contribution in [-0.2, 0) is 11.8 Å². The van der Waals surface area contributed by atoms with E-state index in [1.807, 2.05) is 13.0 Å². The molecule has 5 nitrogen and oxygen atoms in total. The summed E-state index contributed by atoms with van der Waals surface area (Å²) >= 11 is 24.1. The van der Waals surface area contributed by atoms with Crippen molar-refractivity contribution in [1.82, 2.24) is 9.78 Å². The molecule has 0 radical (unpaired) electrons. The Labute approximate surface area is 199 Å². The summed E-state index contributed by atoms with van der Waals surface area (Å²) in [6.07, 6.45) is 0. The van der Waals surface area contributed by atoms with E-state index >= 15 is 0 Å². The van der Waals surface area contributed by atoms with Crippen molar-refractivity contribution in [2.75, 3.05) is 0 Å². The third kappa shape index (κ3) is 4.96. The second-order valence-corrected chi connectivity index (χ2v) is 8.53. The predicted octanol–water partition coefficient (Wildman–Crippen LogP) is 6.33. The molecule has 0 fully saturated rings. The van der Waals surface area contributed by atoms with Gasteiger partial charge in [0, 0.05) is 17.6 Å². The molecule has 0 saturated carbocycles. The largest absolute Gasteiger partial charge is 0.403 e. The van der Waals surface area contributed by atoms with Crippen LogP contribution in [0.4, 0.5) is 0 Å². The van der Waals surface area contributed by atoms with E-state index in [-0.39, 0.29) is 32.1 Å². The molecule has 0 amide bonds. The van der Waals surface area contributed by atoms with Crippen molar-refractivity contribution < 1.29 is 14.3 Å². The summed E-state index contributed by atoms with van der Waals surface area (Å²) in [5, 5.41) is 4.77. The van der Waals surface area contributed by atoms with Crippen LogP contribution >= 0.6 is 46.4 Å². The van der Waals surface area contributed by atoms with Gasteiger partial charge in [-0.05, 0) is 37.6 Å². The topological polar surface area (TPSA) is 61.2 Å². The quantitative estimate of drug-likeness (QED) is 0.235. The first-order valence-electron chi connectivity index (χ1n) is 8.98. The summed E-state index contributed by atoms with van der Waals surface area (Å²) in [7, 11) is 1.55. The van der Waals surface area contributed by atoms with Crippen molar-refractivity contribution in [3.8, 4) is 5.88 Å². The van der Waals surface area contributed by atoms with Crippen LogP contribution in [0.3, 0.4) is 0 Å². The highest BCUT2D eigenvalue weighted by Crippen LogP contribution is 2.32. The van der Waals surface area contributed by atoms with Crippen molar-refractivity contribution in [2.24, 2.45) is 7.05 Å². The highest BCUT2D eigenvalue weighted by Gasteiger charge is 2.28. The lowest BCUT2D eigenvalue weighted by atomic mass is 10.0. The molecule has 3 aromatic rings. The Kier molecular flexibility index (Phi) is 7.12. The van der Waals surface area contributed by atoms with E-state index in [9.17, 15) is 9.59 Å². The van der Waals surface area contributed by atoms with Gasteiger partial charge >= 0.3 is 5.97 Å². The molecule has 0 aliphatic carbocycles. The van der Waals surface area contributed by atoms with Crippen LogP contribution in [0.1, 0.15) is 32.7 Å². The number of ether oxygens (including phenoxy) is 1. The molecule has 9 heteroatoms. The van der Waals surface area contributed by atoms with Gasteiger partial charge < -0.3 is 4.74 Å². The molecule has 2 aromatic carbocycles. The summed E-state index contributed by atoms with van der Waals surface area (Å²) < 4.78 is 6.60. The third-order valence-electron chi connectivity index (χ3n) is 4.46. The van der Waals surface area contributed by atoms with Crippen LogP contribution in [-0.4, -0.2) is 21.5 Å². The summed E-state index contributed by atoms with van der Waals surface area (Å²) in [6, 6.07) is 11.6. The Morgan fingerprint density at radius 3 is 2.35 bits per heavy atom. The summed E-state index contributed by atoms with van der Waals surface area (Å²) in [5.74, 6) is -1.35. The number of ketones is 1. The highest BCUT2D eigenvalue weighted by molar-refractivity contribution is 6.61. The number of benzene rings is 2. The predicted molar refractivity (Wildman–Crippen MR) is 123 cm³/mol. The van der Waals surface area contributed by atoms with Gasteiger partial charge in [0.15, 0.2) is 0 Å². The maximum Gasteiger partial charge on any atom is 0.347 e. The minimum atomic E-state index is -0.829. The fourth-order valence-electron chi connectivity index (χ4n) is 3.07. The van der Waals surface area contributed by atoms with Crippen molar-refractivity contribution in [3.63, 3.8) is 0 Å². The number of halogens is 4. The molecule has 0 saturated heterocycles. The van der Waals surface area contributed by atoms with E-state index in [0.29, 0.717) is 16.3 Å². The fourth-order valence-corrected chi connectivity index (χ4v) is 3.93. The molecule has 0 spiro atoms. The minimum Gasteiger partial charge on any atom is -0.403 e. The molecule has 0 bridgehead atoms. The lowest BCUT2D eigenvalue weighted by Crippen LogP contribution is -2.16. The average Bonchev–Trinajstić information content (AvgIpc) is 2.94. The Hall–Kier alpha value is -2.31. The van der Waals surface area contributed by atoms with Crippen molar-refractivity contribution in [3.05, 3.63) is 84.9 Å². The van der Waals surface area contributed by atoms with Crippen LogP contribution < -0.4 is 4.74 Å². The first-order valence-corrected chi connectivity index (χ1v) is 10.5. The van der Waals surface area contributed by atoms with Gasteiger partial charge in [-0.2, -0.15) is 5.10 Å². The molecule has 0 unspecified atom stereocenters. The van der Waals surface area contributed by atoms with Gasteiger partial charge in [0.2, 0.25) is 11.7 Å². The smallest absolute Gasteiger partial charge is 0.347 e. The van der Waals surface area contributed by atoms with Gasteiger partial charge in [0.1, 0.15) is 10.1 Å². The number of carbonyl (C=O) groups excluding carboxylic acids is 2. The Balaban J connectivity index is 2.03. The minimum absolute atomic E-state index is 0.0335. The lowest BCUT2D eigenvalue weighted by molar-refractivity contribution is -0.128. The van der Waals surface area contributed by atoms with E-state index in [1.165, 1.54) is 16.8 Å². The molecule has 0 aliphatic rings. The lowest BCUT2D eigenvalue weighted by Gasteiger charge is -2.11. The molecular weight excluding hydrogens is 482 g/mol. The van der Waals surface area contributed by atoms with Gasteiger partial charge in [-0.3, -0.25) is 4.79 Å². The van der Waals surface area contributed by atoms with Crippen molar-refractivity contribution in [1.29, 1.82) is 0 Å². The monoisotopic (exact) mass is 496 g/mol. The molecule has 0 N–H and O–H groups in total. The molecule has 3 rings (SSSR count). The van der Waals surface area contributed by atoms with Gasteiger partial charge in [0.25, 0.3) is 0 Å². The number of hydrogen-bond donors (Lipinski definition) is 0.